The Bertz CT molecular complexity index is 931. The third kappa shape index (κ3) is 6.05. The smallest absolute Gasteiger partial charge is 0.425 e. The third-order valence-electron chi connectivity index (χ3n) is 5.02. The van der Waals surface area contributed by atoms with Crippen LogP contribution >= 0.6 is 11.6 Å². The fourth-order valence-corrected chi connectivity index (χ4v) is 3.54. The minimum atomic E-state index is -4.57. The second-order valence-electron chi connectivity index (χ2n) is 7.61. The molecule has 8 nitrogen and oxygen atoms in total. The Morgan fingerprint density at radius 3 is 2.69 bits per heavy atom. The van der Waals surface area contributed by atoms with Gasteiger partial charge >= 0.3 is 12.2 Å². The molecule has 3 rings (SSSR count). The average molecular weight is 475 g/mol. The monoisotopic (exact) mass is 474 g/mol. The number of nitrogen functional groups attached to an aromatic ring is 1. The number of benzene rings is 1. The van der Waals surface area contributed by atoms with Gasteiger partial charge in [-0.05, 0) is 31.9 Å². The van der Waals surface area contributed by atoms with Gasteiger partial charge in [-0.25, -0.2) is 0 Å². The zero-order chi connectivity index (χ0) is 23.5. The molecule has 0 aliphatic carbocycles. The van der Waals surface area contributed by atoms with E-state index in [1.807, 2.05) is 17.0 Å². The zero-order valence-electron chi connectivity index (χ0n) is 17.7. The van der Waals surface area contributed by atoms with Crippen LogP contribution in [0.5, 0.6) is 6.01 Å². The van der Waals surface area contributed by atoms with Crippen molar-refractivity contribution in [2.24, 2.45) is 0 Å². The van der Waals surface area contributed by atoms with Gasteiger partial charge in [-0.15, -0.1) is 0 Å². The number of hydrogen-bond donors (Lipinski definition) is 4. The highest BCUT2D eigenvalue weighted by Gasteiger charge is 2.39. The summed E-state index contributed by atoms with van der Waals surface area (Å²) in [6.07, 6.45) is -6.66. The number of ether oxygens (including phenoxy) is 1. The summed E-state index contributed by atoms with van der Waals surface area (Å²) in [5, 5.41) is 16.1. The Morgan fingerprint density at radius 2 is 2.03 bits per heavy atom. The molecule has 3 atom stereocenters. The van der Waals surface area contributed by atoms with E-state index in [9.17, 15) is 18.3 Å². The number of nitrogens with one attached hydrogen (secondary N) is 2. The van der Waals surface area contributed by atoms with Crippen LogP contribution in [0.1, 0.15) is 25.8 Å². The van der Waals surface area contributed by atoms with Crippen molar-refractivity contribution in [1.82, 2.24) is 15.3 Å². The van der Waals surface area contributed by atoms with E-state index in [0.717, 1.165) is 12.5 Å². The molecule has 1 saturated heterocycles. The molecule has 32 heavy (non-hydrogen) atoms. The Hall–Kier alpha value is -2.50. The van der Waals surface area contributed by atoms with Crippen molar-refractivity contribution < 1.29 is 23.0 Å². The first-order valence-corrected chi connectivity index (χ1v) is 10.5. The first-order chi connectivity index (χ1) is 15.0. The van der Waals surface area contributed by atoms with Crippen molar-refractivity contribution >= 4 is 28.9 Å². The first-order valence-electron chi connectivity index (χ1n) is 10.1. The fraction of sp³-hybridized carbons (Fsp3) is 0.500. The number of aromatic nitrogens is 2. The van der Waals surface area contributed by atoms with E-state index in [4.69, 9.17) is 22.1 Å². The van der Waals surface area contributed by atoms with Crippen molar-refractivity contribution in [2.45, 2.75) is 51.4 Å². The van der Waals surface area contributed by atoms with E-state index in [-0.39, 0.29) is 29.9 Å². The summed E-state index contributed by atoms with van der Waals surface area (Å²) in [5.41, 5.74) is 7.24. The highest BCUT2D eigenvalue weighted by molar-refractivity contribution is 6.31. The van der Waals surface area contributed by atoms with Gasteiger partial charge in [0, 0.05) is 30.7 Å². The molecule has 1 aliphatic heterocycles. The second kappa shape index (κ2) is 9.97. The van der Waals surface area contributed by atoms with Crippen LogP contribution in [0.3, 0.4) is 0 Å². The summed E-state index contributed by atoms with van der Waals surface area (Å²) < 4.78 is 44.1. The third-order valence-corrected chi connectivity index (χ3v) is 5.39. The van der Waals surface area contributed by atoms with Gasteiger partial charge in [-0.1, -0.05) is 29.8 Å². The maximum absolute atomic E-state index is 13.0. The van der Waals surface area contributed by atoms with Crippen molar-refractivity contribution in [3.8, 4) is 6.01 Å². The molecular weight excluding hydrogens is 449 g/mol. The predicted molar refractivity (Wildman–Crippen MR) is 117 cm³/mol. The van der Waals surface area contributed by atoms with E-state index >= 15 is 0 Å². The van der Waals surface area contributed by atoms with Crippen LogP contribution in [0.4, 0.5) is 30.5 Å². The van der Waals surface area contributed by atoms with Gasteiger partial charge in [-0.3, -0.25) is 5.32 Å². The maximum Gasteiger partial charge on any atom is 0.425 e. The Kier molecular flexibility index (Phi) is 7.52. The summed E-state index contributed by atoms with van der Waals surface area (Å²) in [7, 11) is 0. The molecule has 2 aromatic rings. The van der Waals surface area contributed by atoms with Crippen LogP contribution in [0.25, 0.3) is 0 Å². The van der Waals surface area contributed by atoms with Crippen molar-refractivity contribution in [3.05, 3.63) is 34.9 Å². The van der Waals surface area contributed by atoms with E-state index in [2.05, 4.69) is 20.6 Å². The van der Waals surface area contributed by atoms with Gasteiger partial charge in [-0.2, -0.15) is 23.1 Å². The first kappa shape index (κ1) is 24.1. The van der Waals surface area contributed by atoms with Gasteiger partial charge in [0.05, 0.1) is 0 Å². The lowest BCUT2D eigenvalue weighted by Gasteiger charge is -2.23. The summed E-state index contributed by atoms with van der Waals surface area (Å²) in [5.74, 6) is 0.409. The highest BCUT2D eigenvalue weighted by Crippen LogP contribution is 2.33. The average Bonchev–Trinajstić information content (AvgIpc) is 3.15. The number of aliphatic hydroxyl groups excluding tert-OH is 1. The number of nitrogens with zero attached hydrogens (tertiary/aromatic N) is 3. The summed E-state index contributed by atoms with van der Waals surface area (Å²) in [4.78, 5) is 10.1. The Labute approximate surface area is 188 Å². The van der Waals surface area contributed by atoms with Crippen molar-refractivity contribution in [3.63, 3.8) is 0 Å². The van der Waals surface area contributed by atoms with Gasteiger partial charge < -0.3 is 25.8 Å². The summed E-state index contributed by atoms with van der Waals surface area (Å²) >= 11 is 6.18. The number of aliphatic hydroxyl groups is 1. The topological polar surface area (TPSA) is 109 Å². The minimum Gasteiger partial charge on any atom is -0.451 e. The van der Waals surface area contributed by atoms with Gasteiger partial charge in [0.1, 0.15) is 11.9 Å². The number of nitrogens with two attached hydrogens (primary N) is 1. The molecule has 1 aliphatic rings. The summed E-state index contributed by atoms with van der Waals surface area (Å²) in [6, 6.07) is 6.68. The molecule has 0 spiro atoms. The fourth-order valence-electron chi connectivity index (χ4n) is 3.34. The molecule has 12 heteroatoms. The van der Waals surface area contributed by atoms with Crippen LogP contribution < -0.4 is 26.0 Å². The number of halogens is 4. The van der Waals surface area contributed by atoms with E-state index in [1.54, 1.807) is 19.1 Å². The van der Waals surface area contributed by atoms with Gasteiger partial charge in [0.15, 0.2) is 17.7 Å². The molecule has 1 fully saturated rings. The zero-order valence-corrected chi connectivity index (χ0v) is 18.4. The standard InChI is InChI=1S/C20H26ClF3N6O2/c1-11(20(22,23)24)32-19-28-17(26-9-13-5-3-4-6-15(13)21)16(25)18(29-19)30-8-7-14(10-30)27-12(2)31/h3-6,11-12,14,27,31H,7-10,25H2,1-2H3,(H,26,28,29)/t11-,12?,14-/m0/s1. The van der Waals surface area contributed by atoms with Crippen LogP contribution in [0.2, 0.25) is 5.02 Å². The number of rotatable bonds is 8. The lowest BCUT2D eigenvalue weighted by molar-refractivity contribution is -0.190. The number of hydrogen-bond acceptors (Lipinski definition) is 8. The molecule has 1 aromatic heterocycles. The number of alkyl halides is 3. The molecule has 0 saturated carbocycles. The van der Waals surface area contributed by atoms with Gasteiger partial charge in [0.2, 0.25) is 0 Å². The van der Waals surface area contributed by atoms with E-state index in [1.165, 1.54) is 0 Å². The van der Waals surface area contributed by atoms with Crippen molar-refractivity contribution in [2.75, 3.05) is 29.0 Å². The van der Waals surface area contributed by atoms with E-state index < -0.39 is 24.5 Å². The van der Waals surface area contributed by atoms with Crippen molar-refractivity contribution in [1.29, 1.82) is 0 Å². The molecule has 0 radical (unpaired) electrons. The molecule has 0 amide bonds. The molecule has 5 N–H and O–H groups in total. The molecule has 0 bridgehead atoms. The summed E-state index contributed by atoms with van der Waals surface area (Å²) in [6.45, 7) is 3.76. The second-order valence-corrected chi connectivity index (χ2v) is 8.02. The van der Waals surface area contributed by atoms with Crippen LogP contribution in [0.15, 0.2) is 24.3 Å². The maximum atomic E-state index is 13.0. The predicted octanol–water partition coefficient (Wildman–Crippen LogP) is 3.16. The molecule has 2 heterocycles. The molecule has 1 aromatic carbocycles. The number of anilines is 3. The van der Waals surface area contributed by atoms with Crippen LogP contribution in [-0.4, -0.2) is 52.7 Å². The lowest BCUT2D eigenvalue weighted by atomic mass is 10.2. The normalized spacial score (nSPS) is 18.5. The molecular formula is C20H26ClF3N6O2. The Balaban J connectivity index is 1.88. The SMILES string of the molecule is CC(O)N[C@H]1CCN(c2nc(O[C@@H](C)C(F)(F)F)nc(NCc3ccccc3Cl)c2N)C1. The van der Waals surface area contributed by atoms with Gasteiger partial charge in [0.25, 0.3) is 0 Å². The highest BCUT2D eigenvalue weighted by atomic mass is 35.5. The molecule has 1 unspecified atom stereocenters. The Morgan fingerprint density at radius 1 is 1.31 bits per heavy atom. The van der Waals surface area contributed by atoms with E-state index in [0.29, 0.717) is 24.5 Å². The lowest BCUT2D eigenvalue weighted by Crippen LogP contribution is -2.38. The molecule has 176 valence electrons. The van der Waals surface area contributed by atoms with Crippen LogP contribution in [-0.2, 0) is 6.54 Å². The quantitative estimate of drug-likeness (QED) is 0.432. The minimum absolute atomic E-state index is 0.0256. The largest absolute Gasteiger partial charge is 0.451 e. The van der Waals surface area contributed by atoms with Crippen LogP contribution in [0, 0.1) is 0 Å².